The quantitative estimate of drug-likeness (QED) is 0.351. The summed E-state index contributed by atoms with van der Waals surface area (Å²) in [6, 6.07) is 27.5. The summed E-state index contributed by atoms with van der Waals surface area (Å²) in [6.45, 7) is 4.31. The van der Waals surface area contributed by atoms with Gasteiger partial charge in [-0.25, -0.2) is 4.79 Å². The van der Waals surface area contributed by atoms with Crippen molar-refractivity contribution < 1.29 is 14.3 Å². The van der Waals surface area contributed by atoms with Crippen molar-refractivity contribution in [1.82, 2.24) is 0 Å². The number of ether oxygens (including phenoxy) is 1. The first-order valence-electron chi connectivity index (χ1n) is 11.5. The van der Waals surface area contributed by atoms with E-state index in [-0.39, 0.29) is 30.8 Å². The smallest absolute Gasteiger partial charge is 0.338 e. The summed E-state index contributed by atoms with van der Waals surface area (Å²) >= 11 is 0. The predicted octanol–water partition coefficient (Wildman–Crippen LogP) is 5.67. The molecule has 0 heterocycles. The highest BCUT2D eigenvalue weighted by molar-refractivity contribution is 5.91. The predicted molar refractivity (Wildman–Crippen MR) is 136 cm³/mol. The van der Waals surface area contributed by atoms with Gasteiger partial charge in [-0.3, -0.25) is 4.79 Å². The van der Waals surface area contributed by atoms with Crippen LogP contribution in [0.2, 0.25) is 0 Å². The number of hydrogen-bond donors (Lipinski definition) is 1. The van der Waals surface area contributed by atoms with Crippen LogP contribution in [0, 0.1) is 13.8 Å². The molecule has 0 radical (unpaired) electrons. The van der Waals surface area contributed by atoms with E-state index in [1.165, 1.54) is 0 Å². The van der Waals surface area contributed by atoms with Crippen LogP contribution >= 0.6 is 0 Å². The minimum absolute atomic E-state index is 0.0896. The van der Waals surface area contributed by atoms with Gasteiger partial charge >= 0.3 is 5.97 Å². The first-order valence-corrected chi connectivity index (χ1v) is 11.5. The Morgan fingerprint density at radius 2 is 1.53 bits per heavy atom. The highest BCUT2D eigenvalue weighted by Crippen LogP contribution is 2.22. The Labute approximate surface area is 200 Å². The number of rotatable bonds is 8. The molecule has 0 saturated carbocycles. The molecular weight excluding hydrogens is 422 g/mol. The lowest BCUT2D eigenvalue weighted by molar-refractivity contribution is -0.119. The van der Waals surface area contributed by atoms with E-state index >= 15 is 0 Å². The number of fused-ring (bicyclic) bond motifs is 1. The second kappa shape index (κ2) is 10.4. The molecule has 0 spiro atoms. The van der Waals surface area contributed by atoms with Crippen molar-refractivity contribution in [2.45, 2.75) is 32.8 Å². The molecule has 0 bridgehead atoms. The second-order valence-corrected chi connectivity index (χ2v) is 8.75. The third kappa shape index (κ3) is 5.41. The van der Waals surface area contributed by atoms with Gasteiger partial charge in [0.1, 0.15) is 12.4 Å². The number of carbonyl (C=O) groups excluding carboxylic acids is 2. The number of ketones is 1. The number of esters is 1. The molecule has 0 aliphatic carbocycles. The fraction of sp³-hybridized carbons (Fsp3) is 0.200. The Kier molecular flexibility index (Phi) is 7.19. The summed E-state index contributed by atoms with van der Waals surface area (Å²) in [5, 5.41) is 2.28. The fourth-order valence-corrected chi connectivity index (χ4v) is 4.24. The molecule has 0 fully saturated rings. The summed E-state index contributed by atoms with van der Waals surface area (Å²) in [7, 11) is 0. The number of benzene rings is 4. The zero-order valence-corrected chi connectivity index (χ0v) is 19.6. The van der Waals surface area contributed by atoms with E-state index in [0.717, 1.165) is 38.6 Å². The normalized spacial score (nSPS) is 11.9. The van der Waals surface area contributed by atoms with Crippen LogP contribution in [0.3, 0.4) is 0 Å². The third-order valence-corrected chi connectivity index (χ3v) is 6.17. The molecule has 4 nitrogen and oxygen atoms in total. The zero-order chi connectivity index (χ0) is 24.1. The fourth-order valence-electron chi connectivity index (χ4n) is 4.24. The summed E-state index contributed by atoms with van der Waals surface area (Å²) < 4.78 is 5.49. The van der Waals surface area contributed by atoms with Gasteiger partial charge in [0.05, 0.1) is 11.5 Å². The van der Waals surface area contributed by atoms with E-state index in [1.807, 2.05) is 74.5 Å². The molecule has 0 aromatic heterocycles. The van der Waals surface area contributed by atoms with Crippen molar-refractivity contribution in [1.29, 1.82) is 0 Å². The van der Waals surface area contributed by atoms with Crippen LogP contribution in [0.15, 0.2) is 84.9 Å². The maximum absolute atomic E-state index is 13.0. The van der Waals surface area contributed by atoms with Crippen LogP contribution in [0.4, 0.5) is 0 Å². The largest absolute Gasteiger partial charge is 0.457 e. The van der Waals surface area contributed by atoms with Gasteiger partial charge in [-0.1, -0.05) is 84.4 Å². The average Bonchev–Trinajstić information content (AvgIpc) is 2.83. The summed E-state index contributed by atoms with van der Waals surface area (Å²) in [4.78, 5) is 25.5. The van der Waals surface area contributed by atoms with Gasteiger partial charge in [-0.05, 0) is 52.9 Å². The summed E-state index contributed by atoms with van der Waals surface area (Å²) in [6.07, 6.45) is 0.335. The van der Waals surface area contributed by atoms with Gasteiger partial charge in [0.25, 0.3) is 0 Å². The number of nitrogens with two attached hydrogens (primary N) is 1. The van der Waals surface area contributed by atoms with E-state index in [1.54, 1.807) is 6.07 Å². The first kappa shape index (κ1) is 23.4. The van der Waals surface area contributed by atoms with Gasteiger partial charge in [-0.15, -0.1) is 0 Å². The molecule has 1 atom stereocenters. The Morgan fingerprint density at radius 3 is 2.24 bits per heavy atom. The highest BCUT2D eigenvalue weighted by atomic mass is 16.5. The van der Waals surface area contributed by atoms with Crippen LogP contribution in [-0.2, 0) is 22.6 Å². The highest BCUT2D eigenvalue weighted by Gasteiger charge is 2.19. The van der Waals surface area contributed by atoms with E-state index in [2.05, 4.69) is 18.2 Å². The standard InChI is InChI=1S/C30H29NO3/c1-20-7-14-27(21(2)15-20)30(33)34-19-22-8-12-25(13-9-22)28(18-31)29(32)17-23-10-11-24-5-3-4-6-26(24)16-23/h3-16,28H,17-19,31H2,1-2H3. The molecule has 4 aromatic carbocycles. The topological polar surface area (TPSA) is 69.4 Å². The van der Waals surface area contributed by atoms with Crippen LogP contribution in [0.5, 0.6) is 0 Å². The van der Waals surface area contributed by atoms with E-state index in [4.69, 9.17) is 10.5 Å². The van der Waals surface area contributed by atoms with Gasteiger partial charge in [0.15, 0.2) is 0 Å². The zero-order valence-electron chi connectivity index (χ0n) is 19.6. The Morgan fingerprint density at radius 1 is 0.824 bits per heavy atom. The summed E-state index contributed by atoms with van der Waals surface area (Å²) in [5.41, 5.74) is 11.3. The van der Waals surface area contributed by atoms with Crippen molar-refractivity contribution in [3.05, 3.63) is 118 Å². The second-order valence-electron chi connectivity index (χ2n) is 8.75. The lowest BCUT2D eigenvalue weighted by Crippen LogP contribution is -2.23. The Balaban J connectivity index is 1.39. The van der Waals surface area contributed by atoms with Crippen LogP contribution < -0.4 is 5.73 Å². The van der Waals surface area contributed by atoms with E-state index < -0.39 is 0 Å². The molecule has 172 valence electrons. The lowest BCUT2D eigenvalue weighted by atomic mass is 9.90. The number of carbonyl (C=O) groups is 2. The molecule has 34 heavy (non-hydrogen) atoms. The molecule has 0 amide bonds. The molecule has 4 heteroatoms. The Hall–Kier alpha value is -3.76. The Bertz CT molecular complexity index is 1320. The molecule has 0 aliphatic heterocycles. The first-order chi connectivity index (χ1) is 16.4. The van der Waals surface area contributed by atoms with Crippen LogP contribution in [-0.4, -0.2) is 18.3 Å². The molecule has 1 unspecified atom stereocenters. The van der Waals surface area contributed by atoms with Crippen molar-refractivity contribution in [3.63, 3.8) is 0 Å². The van der Waals surface area contributed by atoms with Gasteiger partial charge in [0.2, 0.25) is 0 Å². The van der Waals surface area contributed by atoms with Crippen LogP contribution in [0.1, 0.15) is 44.1 Å². The lowest BCUT2D eigenvalue weighted by Gasteiger charge is -2.15. The third-order valence-electron chi connectivity index (χ3n) is 6.17. The minimum Gasteiger partial charge on any atom is -0.457 e. The van der Waals surface area contributed by atoms with Crippen LogP contribution in [0.25, 0.3) is 10.8 Å². The maximum Gasteiger partial charge on any atom is 0.338 e. The molecule has 0 aliphatic rings. The number of aryl methyl sites for hydroxylation is 2. The molecule has 2 N–H and O–H groups in total. The number of hydrogen-bond acceptors (Lipinski definition) is 4. The molecule has 4 rings (SSSR count). The number of Topliss-reactive ketones (excluding diaryl/α,β-unsaturated/α-hetero) is 1. The molecule has 4 aromatic rings. The average molecular weight is 452 g/mol. The van der Waals surface area contributed by atoms with Crippen molar-refractivity contribution in [2.75, 3.05) is 6.54 Å². The minimum atomic E-state index is -0.377. The van der Waals surface area contributed by atoms with E-state index in [9.17, 15) is 9.59 Å². The molecule has 0 saturated heterocycles. The molecular formula is C30H29NO3. The monoisotopic (exact) mass is 451 g/mol. The van der Waals surface area contributed by atoms with Gasteiger partial charge in [-0.2, -0.15) is 0 Å². The van der Waals surface area contributed by atoms with Gasteiger partial charge < -0.3 is 10.5 Å². The summed E-state index contributed by atoms with van der Waals surface area (Å²) in [5.74, 6) is -0.628. The van der Waals surface area contributed by atoms with Crippen molar-refractivity contribution in [3.8, 4) is 0 Å². The SMILES string of the molecule is Cc1ccc(C(=O)OCc2ccc(C(CN)C(=O)Cc3ccc4ccccc4c3)cc2)c(C)c1. The van der Waals surface area contributed by atoms with E-state index in [0.29, 0.717) is 12.0 Å². The van der Waals surface area contributed by atoms with Crippen molar-refractivity contribution >= 4 is 22.5 Å². The maximum atomic E-state index is 13.0. The van der Waals surface area contributed by atoms with Gasteiger partial charge in [0, 0.05) is 13.0 Å². The van der Waals surface area contributed by atoms with Crippen molar-refractivity contribution in [2.24, 2.45) is 5.73 Å².